The highest BCUT2D eigenvalue weighted by atomic mass is 16.5. The van der Waals surface area contributed by atoms with Crippen molar-refractivity contribution in [1.29, 1.82) is 0 Å². The van der Waals surface area contributed by atoms with Crippen molar-refractivity contribution in [3.05, 3.63) is 59.4 Å². The van der Waals surface area contributed by atoms with E-state index in [0.29, 0.717) is 5.69 Å². The van der Waals surface area contributed by atoms with Crippen LogP contribution in [0, 0.1) is 5.92 Å². The number of fused-ring (bicyclic) bond motifs is 6. The van der Waals surface area contributed by atoms with Crippen molar-refractivity contribution < 1.29 is 19.0 Å². The highest BCUT2D eigenvalue weighted by molar-refractivity contribution is 6.11. The van der Waals surface area contributed by atoms with E-state index in [1.54, 1.807) is 14.2 Å². The van der Waals surface area contributed by atoms with E-state index in [4.69, 9.17) is 19.2 Å². The summed E-state index contributed by atoms with van der Waals surface area (Å²) in [5.74, 6) is 1.30. The Morgan fingerprint density at radius 1 is 1.06 bits per heavy atom. The van der Waals surface area contributed by atoms with E-state index in [9.17, 15) is 4.79 Å². The summed E-state index contributed by atoms with van der Waals surface area (Å²) in [5, 5.41) is 5.87. The van der Waals surface area contributed by atoms with Crippen molar-refractivity contribution in [2.24, 2.45) is 5.92 Å². The fourth-order valence-electron chi connectivity index (χ4n) is 6.05. The van der Waals surface area contributed by atoms with Crippen LogP contribution in [0.15, 0.2) is 42.5 Å². The van der Waals surface area contributed by atoms with Gasteiger partial charge in [-0.25, -0.2) is 9.78 Å². The second-order valence-electron chi connectivity index (χ2n) is 9.58. The van der Waals surface area contributed by atoms with Crippen molar-refractivity contribution in [2.75, 3.05) is 26.6 Å². The van der Waals surface area contributed by atoms with Gasteiger partial charge in [0.15, 0.2) is 0 Å². The molecular formula is C27H27N3O4. The third kappa shape index (κ3) is 2.58. The molecule has 2 aliphatic rings. The second kappa shape index (κ2) is 7.13. The second-order valence-corrected chi connectivity index (χ2v) is 9.58. The van der Waals surface area contributed by atoms with Gasteiger partial charge in [-0.1, -0.05) is 32.0 Å². The Balaban J connectivity index is 1.68. The largest absolute Gasteiger partial charge is 0.496 e. The van der Waals surface area contributed by atoms with Crippen LogP contribution in [0.2, 0.25) is 0 Å². The molecule has 0 aliphatic carbocycles. The van der Waals surface area contributed by atoms with Crippen molar-refractivity contribution >= 4 is 33.5 Å². The molecule has 0 fully saturated rings. The molecular weight excluding hydrogens is 430 g/mol. The molecule has 4 aromatic rings. The Morgan fingerprint density at radius 3 is 2.53 bits per heavy atom. The van der Waals surface area contributed by atoms with E-state index in [2.05, 4.69) is 41.9 Å². The molecule has 0 radical (unpaired) electrons. The van der Waals surface area contributed by atoms with E-state index < -0.39 is 5.97 Å². The number of aromatic nitrogens is 2. The summed E-state index contributed by atoms with van der Waals surface area (Å²) in [6.07, 6.45) is 0. The van der Waals surface area contributed by atoms with E-state index in [1.807, 2.05) is 24.3 Å². The Bertz CT molecular complexity index is 1490. The number of para-hydroxylation sites is 1. The van der Waals surface area contributed by atoms with Crippen LogP contribution in [0.3, 0.4) is 0 Å². The maximum absolute atomic E-state index is 12.6. The average Bonchev–Trinajstić information content (AvgIpc) is 3.18. The minimum atomic E-state index is -0.438. The lowest BCUT2D eigenvalue weighted by atomic mass is 9.65. The number of anilines is 1. The predicted octanol–water partition coefficient (Wildman–Crippen LogP) is 5.07. The zero-order chi connectivity index (χ0) is 23.8. The number of rotatable bonds is 3. The van der Waals surface area contributed by atoms with Gasteiger partial charge in [0, 0.05) is 39.7 Å². The highest BCUT2D eigenvalue weighted by Gasteiger charge is 2.49. The number of esters is 1. The van der Waals surface area contributed by atoms with Gasteiger partial charge in [-0.2, -0.15) is 0 Å². The molecule has 2 aromatic carbocycles. The van der Waals surface area contributed by atoms with E-state index in [1.165, 1.54) is 7.11 Å². The Kier molecular flexibility index (Phi) is 4.37. The molecule has 7 nitrogen and oxygen atoms in total. The summed E-state index contributed by atoms with van der Waals surface area (Å²) in [6, 6.07) is 14.0. The van der Waals surface area contributed by atoms with Crippen molar-refractivity contribution in [2.45, 2.75) is 31.8 Å². The van der Waals surface area contributed by atoms with Gasteiger partial charge in [-0.15, -0.1) is 0 Å². The first-order chi connectivity index (χ1) is 16.4. The number of nitrogens with one attached hydrogen (secondary N) is 1. The molecule has 2 unspecified atom stereocenters. The zero-order valence-electron chi connectivity index (χ0n) is 19.9. The lowest BCUT2D eigenvalue weighted by Gasteiger charge is -2.48. The molecule has 4 heterocycles. The number of benzene rings is 2. The zero-order valence-corrected chi connectivity index (χ0v) is 19.9. The van der Waals surface area contributed by atoms with Crippen LogP contribution in [0.5, 0.6) is 11.5 Å². The molecule has 2 atom stereocenters. The summed E-state index contributed by atoms with van der Waals surface area (Å²) < 4.78 is 18.9. The standard InChI is InChI=1S/C27H27N3O4/c1-27(2)16-13-30-18-9-7-6-8-14(18)15-12-17(26(31)34-5)28-24(25(15)30)22(16)29-23-20(33-4)11-10-19(32-3)21(23)27/h6-12,16,22,29H,13H2,1-5H3. The number of nitrogens with zero attached hydrogens (tertiary/aromatic N) is 2. The maximum Gasteiger partial charge on any atom is 0.356 e. The quantitative estimate of drug-likeness (QED) is 0.433. The summed E-state index contributed by atoms with van der Waals surface area (Å²) in [6.45, 7) is 5.31. The van der Waals surface area contributed by atoms with Crippen LogP contribution in [0.4, 0.5) is 5.69 Å². The van der Waals surface area contributed by atoms with Gasteiger partial charge >= 0.3 is 5.97 Å². The molecule has 7 heteroatoms. The highest BCUT2D eigenvalue weighted by Crippen LogP contribution is 2.57. The van der Waals surface area contributed by atoms with Gasteiger partial charge in [0.25, 0.3) is 0 Å². The Labute approximate surface area is 197 Å². The number of hydrogen-bond acceptors (Lipinski definition) is 6. The summed E-state index contributed by atoms with van der Waals surface area (Å²) >= 11 is 0. The number of carbonyl (C=O) groups excluding carboxylic acids is 1. The van der Waals surface area contributed by atoms with Crippen molar-refractivity contribution in [3.63, 3.8) is 0 Å². The maximum atomic E-state index is 12.6. The topological polar surface area (TPSA) is 74.6 Å². The van der Waals surface area contributed by atoms with Gasteiger partial charge in [0.1, 0.15) is 17.2 Å². The monoisotopic (exact) mass is 457 g/mol. The van der Waals surface area contributed by atoms with E-state index in [0.717, 1.165) is 56.8 Å². The molecule has 174 valence electrons. The van der Waals surface area contributed by atoms with Crippen LogP contribution in [-0.2, 0) is 16.7 Å². The molecule has 0 spiro atoms. The summed E-state index contributed by atoms with van der Waals surface area (Å²) in [5.41, 5.74) is 5.10. The van der Waals surface area contributed by atoms with Gasteiger partial charge in [-0.3, -0.25) is 0 Å². The van der Waals surface area contributed by atoms with Crippen molar-refractivity contribution in [3.8, 4) is 11.5 Å². The van der Waals surface area contributed by atoms with E-state index in [-0.39, 0.29) is 17.4 Å². The molecule has 2 aliphatic heterocycles. The first-order valence-corrected chi connectivity index (χ1v) is 11.4. The van der Waals surface area contributed by atoms with E-state index >= 15 is 0 Å². The number of ether oxygens (including phenoxy) is 3. The fraction of sp³-hybridized carbons (Fsp3) is 0.333. The third-order valence-corrected chi connectivity index (χ3v) is 7.69. The van der Waals surface area contributed by atoms with Gasteiger partial charge in [0.2, 0.25) is 0 Å². The van der Waals surface area contributed by atoms with Crippen molar-refractivity contribution in [1.82, 2.24) is 9.55 Å². The molecule has 34 heavy (non-hydrogen) atoms. The number of hydrogen-bond donors (Lipinski definition) is 1. The summed E-state index contributed by atoms with van der Waals surface area (Å²) in [7, 11) is 4.77. The lowest BCUT2D eigenvalue weighted by Crippen LogP contribution is -2.46. The van der Waals surface area contributed by atoms with Gasteiger partial charge in [-0.05, 0) is 24.3 Å². The fourth-order valence-corrected chi connectivity index (χ4v) is 6.05. The lowest BCUT2D eigenvalue weighted by molar-refractivity contribution is 0.0593. The normalized spacial score (nSPS) is 19.8. The molecule has 0 saturated carbocycles. The van der Waals surface area contributed by atoms with Gasteiger partial charge < -0.3 is 24.1 Å². The van der Waals surface area contributed by atoms with Gasteiger partial charge in [0.05, 0.1) is 44.3 Å². The minimum absolute atomic E-state index is 0.118. The smallest absolute Gasteiger partial charge is 0.356 e. The van der Waals surface area contributed by atoms with Crippen LogP contribution in [-0.4, -0.2) is 36.8 Å². The number of pyridine rings is 1. The summed E-state index contributed by atoms with van der Waals surface area (Å²) in [4.78, 5) is 17.5. The first kappa shape index (κ1) is 20.8. The average molecular weight is 458 g/mol. The first-order valence-electron chi connectivity index (χ1n) is 11.4. The number of carbonyl (C=O) groups is 1. The third-order valence-electron chi connectivity index (χ3n) is 7.69. The molecule has 0 saturated heterocycles. The number of methoxy groups -OCH3 is 3. The van der Waals surface area contributed by atoms with Crippen LogP contribution < -0.4 is 14.8 Å². The molecule has 1 N–H and O–H groups in total. The predicted molar refractivity (Wildman–Crippen MR) is 131 cm³/mol. The molecule has 0 amide bonds. The molecule has 6 rings (SSSR count). The SMILES string of the molecule is COC(=O)c1cc2c3ccccc3n3c2c(n1)C1Nc2c(OC)ccc(OC)c2C(C)(C)C1C3. The van der Waals surface area contributed by atoms with Crippen LogP contribution in [0.1, 0.15) is 41.6 Å². The Morgan fingerprint density at radius 2 is 1.79 bits per heavy atom. The molecule has 0 bridgehead atoms. The Hall–Kier alpha value is -3.74. The van der Waals surface area contributed by atoms with Crippen LogP contribution >= 0.6 is 0 Å². The van der Waals surface area contributed by atoms with Crippen LogP contribution in [0.25, 0.3) is 21.8 Å². The minimum Gasteiger partial charge on any atom is -0.496 e. The molecule has 2 aromatic heterocycles.